The summed E-state index contributed by atoms with van der Waals surface area (Å²) >= 11 is 0. The Balaban J connectivity index is 1.95. The lowest BCUT2D eigenvalue weighted by Crippen LogP contribution is -2.45. The van der Waals surface area contributed by atoms with E-state index in [1.807, 2.05) is 18.2 Å². The van der Waals surface area contributed by atoms with Crippen molar-refractivity contribution < 1.29 is 23.8 Å². The number of carbonyl (C=O) groups excluding carboxylic acids is 2. The zero-order valence-electron chi connectivity index (χ0n) is 13.8. The van der Waals surface area contributed by atoms with E-state index in [1.165, 1.54) is 7.11 Å². The van der Waals surface area contributed by atoms with Crippen molar-refractivity contribution in [1.29, 1.82) is 0 Å². The van der Waals surface area contributed by atoms with Gasteiger partial charge in [0.15, 0.2) is 11.5 Å². The summed E-state index contributed by atoms with van der Waals surface area (Å²) in [6, 6.07) is 5.82. The maximum atomic E-state index is 11.8. The Morgan fingerprint density at radius 3 is 2.61 bits per heavy atom. The van der Waals surface area contributed by atoms with Crippen LogP contribution in [0.5, 0.6) is 11.5 Å². The highest BCUT2D eigenvalue weighted by Gasteiger charge is 2.33. The Morgan fingerprint density at radius 2 is 1.96 bits per heavy atom. The summed E-state index contributed by atoms with van der Waals surface area (Å²) < 4.78 is 15.2. The molecular weight excluding hydrogens is 298 g/mol. The van der Waals surface area contributed by atoms with Gasteiger partial charge in [-0.15, -0.1) is 0 Å². The number of ether oxygens (including phenoxy) is 3. The molecule has 1 aliphatic rings. The molecule has 1 atom stereocenters. The first-order valence-corrected chi connectivity index (χ1v) is 7.62. The standard InChI is InChI=1S/C17H23NO5/c1-21-15-5-4-12(10-16(15)22-2)6-8-18-9-7-14(19)13(11-18)17(20)23-3/h4-5,10,13H,6-9,11H2,1-3H3. The lowest BCUT2D eigenvalue weighted by molar-refractivity contribution is -0.151. The number of nitrogens with zero attached hydrogens (tertiary/aromatic N) is 1. The van der Waals surface area contributed by atoms with E-state index in [-0.39, 0.29) is 5.78 Å². The van der Waals surface area contributed by atoms with Gasteiger partial charge in [-0.25, -0.2) is 0 Å². The average Bonchev–Trinajstić information content (AvgIpc) is 2.59. The first-order valence-electron chi connectivity index (χ1n) is 7.62. The molecule has 126 valence electrons. The SMILES string of the molecule is COC(=O)C1CN(CCc2ccc(OC)c(OC)c2)CCC1=O. The van der Waals surface area contributed by atoms with Crippen LogP contribution in [0.25, 0.3) is 0 Å². The van der Waals surface area contributed by atoms with Crippen molar-refractivity contribution >= 4 is 11.8 Å². The Kier molecular flexibility index (Phi) is 5.98. The third-order valence-electron chi connectivity index (χ3n) is 4.15. The lowest BCUT2D eigenvalue weighted by Gasteiger charge is -2.30. The molecule has 1 fully saturated rings. The second-order valence-electron chi connectivity index (χ2n) is 5.53. The number of piperidine rings is 1. The number of hydrogen-bond donors (Lipinski definition) is 0. The van der Waals surface area contributed by atoms with Crippen LogP contribution in [0.1, 0.15) is 12.0 Å². The molecule has 0 saturated carbocycles. The molecule has 1 aliphatic heterocycles. The van der Waals surface area contributed by atoms with Crippen molar-refractivity contribution in [2.75, 3.05) is 41.0 Å². The maximum absolute atomic E-state index is 11.8. The van der Waals surface area contributed by atoms with Crippen LogP contribution in [0.15, 0.2) is 18.2 Å². The molecule has 23 heavy (non-hydrogen) atoms. The number of benzene rings is 1. The largest absolute Gasteiger partial charge is 0.493 e. The summed E-state index contributed by atoms with van der Waals surface area (Å²) in [6.45, 7) is 1.88. The fourth-order valence-electron chi connectivity index (χ4n) is 2.77. The second-order valence-corrected chi connectivity index (χ2v) is 5.53. The molecular formula is C17H23NO5. The quantitative estimate of drug-likeness (QED) is 0.581. The number of carbonyl (C=O) groups is 2. The minimum Gasteiger partial charge on any atom is -0.493 e. The van der Waals surface area contributed by atoms with Crippen molar-refractivity contribution in [3.63, 3.8) is 0 Å². The van der Waals surface area contributed by atoms with Gasteiger partial charge in [0.2, 0.25) is 0 Å². The highest BCUT2D eigenvalue weighted by atomic mass is 16.5. The first-order chi connectivity index (χ1) is 11.1. The monoisotopic (exact) mass is 321 g/mol. The summed E-state index contributed by atoms with van der Waals surface area (Å²) in [4.78, 5) is 25.6. The smallest absolute Gasteiger partial charge is 0.317 e. The molecule has 0 N–H and O–H groups in total. The van der Waals surface area contributed by atoms with Gasteiger partial charge in [-0.1, -0.05) is 6.07 Å². The number of ketones is 1. The van der Waals surface area contributed by atoms with E-state index in [0.717, 1.165) is 18.5 Å². The van der Waals surface area contributed by atoms with Gasteiger partial charge in [0.1, 0.15) is 11.7 Å². The zero-order valence-corrected chi connectivity index (χ0v) is 13.8. The molecule has 1 aromatic rings. The van der Waals surface area contributed by atoms with Crippen LogP contribution in [0.4, 0.5) is 0 Å². The van der Waals surface area contributed by atoms with Gasteiger partial charge in [0, 0.05) is 26.1 Å². The second kappa shape index (κ2) is 7.97. The molecule has 0 radical (unpaired) electrons. The van der Waals surface area contributed by atoms with E-state index in [9.17, 15) is 9.59 Å². The fourth-order valence-corrected chi connectivity index (χ4v) is 2.77. The molecule has 1 heterocycles. The number of rotatable bonds is 6. The molecule has 0 amide bonds. The molecule has 0 spiro atoms. The topological polar surface area (TPSA) is 65.1 Å². The van der Waals surface area contributed by atoms with E-state index in [4.69, 9.17) is 14.2 Å². The van der Waals surface area contributed by atoms with Gasteiger partial charge in [0.05, 0.1) is 21.3 Å². The summed E-state index contributed by atoms with van der Waals surface area (Å²) in [6.07, 6.45) is 1.20. The van der Waals surface area contributed by atoms with Crippen molar-refractivity contribution in [2.45, 2.75) is 12.8 Å². The van der Waals surface area contributed by atoms with Crippen LogP contribution >= 0.6 is 0 Å². The van der Waals surface area contributed by atoms with Crippen LogP contribution in [-0.4, -0.2) is 57.6 Å². The normalized spacial score (nSPS) is 18.6. The summed E-state index contributed by atoms with van der Waals surface area (Å²) in [5, 5.41) is 0. The predicted molar refractivity (Wildman–Crippen MR) is 84.8 cm³/mol. The van der Waals surface area contributed by atoms with Gasteiger partial charge in [0.25, 0.3) is 0 Å². The molecule has 1 aromatic carbocycles. The minimum absolute atomic E-state index is 0.0285. The molecule has 6 nitrogen and oxygen atoms in total. The number of Topliss-reactive ketones (excluding diaryl/α,β-unsaturated/α-hetero) is 1. The Bertz CT molecular complexity index is 564. The van der Waals surface area contributed by atoms with E-state index in [2.05, 4.69) is 4.90 Å². The minimum atomic E-state index is -0.654. The average molecular weight is 321 g/mol. The number of likely N-dealkylation sites (tertiary alicyclic amines) is 1. The van der Waals surface area contributed by atoms with Crippen molar-refractivity contribution in [3.05, 3.63) is 23.8 Å². The summed E-state index contributed by atoms with van der Waals surface area (Å²) in [5.74, 6) is 0.279. The van der Waals surface area contributed by atoms with Gasteiger partial charge in [-0.05, 0) is 24.1 Å². The summed E-state index contributed by atoms with van der Waals surface area (Å²) in [7, 11) is 4.53. The van der Waals surface area contributed by atoms with Gasteiger partial charge >= 0.3 is 5.97 Å². The molecule has 0 aromatic heterocycles. The van der Waals surface area contributed by atoms with E-state index < -0.39 is 11.9 Å². The van der Waals surface area contributed by atoms with Gasteiger partial charge in [-0.2, -0.15) is 0 Å². The van der Waals surface area contributed by atoms with Gasteiger partial charge in [-0.3, -0.25) is 9.59 Å². The van der Waals surface area contributed by atoms with E-state index in [1.54, 1.807) is 14.2 Å². The number of esters is 1. The predicted octanol–water partition coefficient (Wildman–Crippen LogP) is 1.31. The zero-order chi connectivity index (χ0) is 16.8. The van der Waals surface area contributed by atoms with Crippen LogP contribution in [0.3, 0.4) is 0 Å². The summed E-state index contributed by atoms with van der Waals surface area (Å²) in [5.41, 5.74) is 1.12. The molecule has 0 bridgehead atoms. The molecule has 6 heteroatoms. The van der Waals surface area contributed by atoms with Crippen molar-refractivity contribution in [3.8, 4) is 11.5 Å². The highest BCUT2D eigenvalue weighted by Crippen LogP contribution is 2.28. The third-order valence-corrected chi connectivity index (χ3v) is 4.15. The van der Waals surface area contributed by atoms with Crippen LogP contribution in [0, 0.1) is 5.92 Å². The lowest BCUT2D eigenvalue weighted by atomic mass is 9.96. The molecule has 1 unspecified atom stereocenters. The Morgan fingerprint density at radius 1 is 1.22 bits per heavy atom. The van der Waals surface area contributed by atoms with Crippen LogP contribution in [-0.2, 0) is 20.7 Å². The fraction of sp³-hybridized carbons (Fsp3) is 0.529. The molecule has 1 saturated heterocycles. The molecule has 2 rings (SSSR count). The number of methoxy groups -OCH3 is 3. The highest BCUT2D eigenvalue weighted by molar-refractivity contribution is 5.99. The van der Waals surface area contributed by atoms with Crippen molar-refractivity contribution in [2.24, 2.45) is 5.92 Å². The Hall–Kier alpha value is -2.08. The molecule has 0 aliphatic carbocycles. The van der Waals surface area contributed by atoms with E-state index >= 15 is 0 Å². The van der Waals surface area contributed by atoms with Crippen LogP contribution in [0.2, 0.25) is 0 Å². The Labute approximate surface area is 136 Å². The van der Waals surface area contributed by atoms with Gasteiger partial charge < -0.3 is 19.1 Å². The van der Waals surface area contributed by atoms with Crippen LogP contribution < -0.4 is 9.47 Å². The van der Waals surface area contributed by atoms with Crippen molar-refractivity contribution in [1.82, 2.24) is 4.90 Å². The van der Waals surface area contributed by atoms with E-state index in [0.29, 0.717) is 31.0 Å². The third kappa shape index (κ3) is 4.22. The number of hydrogen-bond acceptors (Lipinski definition) is 6. The maximum Gasteiger partial charge on any atom is 0.317 e. The first kappa shape index (κ1) is 17.3.